The van der Waals surface area contributed by atoms with Crippen LogP contribution < -0.4 is 5.11 Å². The number of hydrogen-bond donors (Lipinski definition) is 0. The molecule has 0 radical (unpaired) electrons. The van der Waals surface area contributed by atoms with Gasteiger partial charge < -0.3 is 5.11 Å². The Labute approximate surface area is 110 Å². The maximum Gasteiger partial charge on any atom is 2.00 e. The van der Waals surface area contributed by atoms with Crippen LogP contribution in [-0.4, -0.2) is 0 Å². The smallest absolute Gasteiger partial charge is 0.875 e. The standard InChI is InChI=1S/C9H12O.C5H5.Ru/c1-2-5-9(10)8-6-3-4-7-8;1-2-4-5-3-1;/h3-4,6-7,10H,2,5H2,1H3;1-5H;/q;-1;+2/p-1. The minimum atomic E-state index is 0. The first-order valence-corrected chi connectivity index (χ1v) is 5.26. The number of rotatable bonds is 2. The van der Waals surface area contributed by atoms with Crippen LogP contribution in [0, 0.1) is 0 Å². The van der Waals surface area contributed by atoms with E-state index >= 15 is 0 Å². The summed E-state index contributed by atoms with van der Waals surface area (Å²) in [5, 5.41) is 11.1. The first-order chi connectivity index (χ1) is 7.34. The van der Waals surface area contributed by atoms with Gasteiger partial charge in [0.2, 0.25) is 0 Å². The van der Waals surface area contributed by atoms with Gasteiger partial charge in [-0.3, -0.25) is 0 Å². The third-order valence-corrected chi connectivity index (χ3v) is 2.02. The number of allylic oxidation sites excluding steroid dienone is 6. The molecule has 86 valence electrons. The first kappa shape index (κ1) is 15.0. The van der Waals surface area contributed by atoms with Gasteiger partial charge in [-0.15, -0.1) is 5.76 Å². The van der Waals surface area contributed by atoms with Crippen molar-refractivity contribution in [2.24, 2.45) is 0 Å². The third-order valence-electron chi connectivity index (χ3n) is 2.02. The van der Waals surface area contributed by atoms with E-state index in [1.807, 2.05) is 61.6 Å². The van der Waals surface area contributed by atoms with E-state index in [1.54, 1.807) is 0 Å². The van der Waals surface area contributed by atoms with Gasteiger partial charge in [0.05, 0.1) is 0 Å². The van der Waals surface area contributed by atoms with E-state index < -0.39 is 0 Å². The van der Waals surface area contributed by atoms with Crippen LogP contribution in [0.1, 0.15) is 19.8 Å². The number of hydrogen-bond acceptors (Lipinski definition) is 1. The molecule has 0 saturated carbocycles. The summed E-state index contributed by atoms with van der Waals surface area (Å²) in [5.41, 5.74) is 0.849. The molecule has 1 nitrogen and oxygen atoms in total. The van der Waals surface area contributed by atoms with E-state index in [1.165, 1.54) is 0 Å². The van der Waals surface area contributed by atoms with Crippen LogP contribution in [0.25, 0.3) is 0 Å². The Morgan fingerprint density at radius 2 is 1.75 bits per heavy atom. The molecule has 0 bridgehead atoms. The van der Waals surface area contributed by atoms with Crippen LogP contribution in [0.5, 0.6) is 0 Å². The molecule has 0 N–H and O–H groups in total. The van der Waals surface area contributed by atoms with Gasteiger partial charge in [0.25, 0.3) is 0 Å². The minimum absolute atomic E-state index is 0. The molecule has 2 rings (SSSR count). The summed E-state index contributed by atoms with van der Waals surface area (Å²) in [4.78, 5) is 0. The maximum absolute atomic E-state index is 11.1. The molecule has 0 heterocycles. The third kappa shape index (κ3) is 5.77. The average molecular weight is 301 g/mol. The summed E-state index contributed by atoms with van der Waals surface area (Å²) >= 11 is 0. The predicted molar refractivity (Wildman–Crippen MR) is 62.2 cm³/mol. The van der Waals surface area contributed by atoms with Crippen LogP contribution in [0.2, 0.25) is 0 Å². The molecule has 0 unspecified atom stereocenters. The molecular formula is C14H16ORu. The fraction of sp³-hybridized carbons (Fsp3) is 0.214. The van der Waals surface area contributed by atoms with Gasteiger partial charge in [0.1, 0.15) is 0 Å². The van der Waals surface area contributed by atoms with Gasteiger partial charge in [0, 0.05) is 0 Å². The van der Waals surface area contributed by atoms with Crippen LogP contribution in [-0.2, 0) is 19.5 Å². The Morgan fingerprint density at radius 3 is 2.12 bits per heavy atom. The Bertz CT molecular complexity index is 314. The summed E-state index contributed by atoms with van der Waals surface area (Å²) in [6.45, 7) is 2.01. The Morgan fingerprint density at radius 1 is 1.19 bits per heavy atom. The minimum Gasteiger partial charge on any atom is -0.875 e. The maximum atomic E-state index is 11.1. The second-order valence-electron chi connectivity index (χ2n) is 3.31. The van der Waals surface area contributed by atoms with Crippen LogP contribution in [0.15, 0.2) is 66.0 Å². The van der Waals surface area contributed by atoms with Crippen LogP contribution in [0.4, 0.5) is 0 Å². The molecule has 0 amide bonds. The molecule has 0 fully saturated rings. The van der Waals surface area contributed by atoms with Crippen molar-refractivity contribution in [2.75, 3.05) is 0 Å². The zero-order valence-electron chi connectivity index (χ0n) is 9.37. The van der Waals surface area contributed by atoms with Crippen molar-refractivity contribution < 1.29 is 24.6 Å². The van der Waals surface area contributed by atoms with E-state index in [0.717, 1.165) is 12.0 Å². The molecule has 0 spiro atoms. The van der Waals surface area contributed by atoms with Crippen molar-refractivity contribution in [1.82, 2.24) is 0 Å². The molecule has 16 heavy (non-hydrogen) atoms. The first-order valence-electron chi connectivity index (χ1n) is 5.26. The fourth-order valence-electron chi connectivity index (χ4n) is 1.25. The van der Waals surface area contributed by atoms with Crippen LogP contribution in [0.3, 0.4) is 0 Å². The van der Waals surface area contributed by atoms with E-state index in [4.69, 9.17) is 0 Å². The zero-order chi connectivity index (χ0) is 10.9. The normalized spacial score (nSPS) is 11.7. The summed E-state index contributed by atoms with van der Waals surface area (Å²) in [6, 6.07) is 10.0. The van der Waals surface area contributed by atoms with Gasteiger partial charge in [0.15, 0.2) is 0 Å². The molecule has 0 aromatic heterocycles. The van der Waals surface area contributed by atoms with Gasteiger partial charge in [-0.1, -0.05) is 37.6 Å². The van der Waals surface area contributed by atoms with Crippen molar-refractivity contribution in [3.63, 3.8) is 0 Å². The molecule has 2 heteroatoms. The molecule has 1 aliphatic carbocycles. The monoisotopic (exact) mass is 302 g/mol. The van der Waals surface area contributed by atoms with Gasteiger partial charge in [-0.05, 0) is 12.0 Å². The van der Waals surface area contributed by atoms with Gasteiger partial charge in [-0.2, -0.15) is 18.2 Å². The molecule has 1 aromatic carbocycles. The van der Waals surface area contributed by atoms with E-state index in [2.05, 4.69) is 0 Å². The van der Waals surface area contributed by atoms with E-state index in [-0.39, 0.29) is 25.2 Å². The summed E-state index contributed by atoms with van der Waals surface area (Å²) in [5.74, 6) is 0.257. The second kappa shape index (κ2) is 9.24. The van der Waals surface area contributed by atoms with Crippen molar-refractivity contribution >= 4 is 0 Å². The fourth-order valence-corrected chi connectivity index (χ4v) is 1.25. The molecule has 1 aliphatic rings. The van der Waals surface area contributed by atoms with Crippen molar-refractivity contribution in [1.29, 1.82) is 0 Å². The molecule has 0 atom stereocenters. The van der Waals surface area contributed by atoms with Crippen molar-refractivity contribution in [3.8, 4) is 0 Å². The van der Waals surface area contributed by atoms with E-state index in [9.17, 15) is 5.11 Å². The molecule has 0 saturated heterocycles. The summed E-state index contributed by atoms with van der Waals surface area (Å²) < 4.78 is 0. The molecule has 0 aliphatic heterocycles. The van der Waals surface area contributed by atoms with Gasteiger partial charge in [-0.25, -0.2) is 12.1 Å². The summed E-state index contributed by atoms with van der Waals surface area (Å²) in [7, 11) is 0. The van der Waals surface area contributed by atoms with Crippen LogP contribution >= 0.6 is 0 Å². The Kier molecular flexibility index (Phi) is 8.65. The SMILES string of the molecule is CCCC([O-])=C1C=CC=C1.[Ru+2].c1cc[cH-]c1. The Balaban J connectivity index is 0.000000318. The molecule has 1 aromatic rings. The van der Waals surface area contributed by atoms with Crippen molar-refractivity contribution in [2.45, 2.75) is 19.8 Å². The predicted octanol–water partition coefficient (Wildman–Crippen LogP) is 2.93. The zero-order valence-corrected chi connectivity index (χ0v) is 11.1. The molecular weight excluding hydrogens is 285 g/mol. The summed E-state index contributed by atoms with van der Waals surface area (Å²) in [6.07, 6.45) is 9.11. The van der Waals surface area contributed by atoms with Crippen molar-refractivity contribution in [3.05, 3.63) is 66.0 Å². The van der Waals surface area contributed by atoms with Gasteiger partial charge >= 0.3 is 19.5 Å². The quantitative estimate of drug-likeness (QED) is 0.468. The topological polar surface area (TPSA) is 23.1 Å². The Hall–Kier alpha value is -1.01. The average Bonchev–Trinajstić information content (AvgIpc) is 2.95. The van der Waals surface area contributed by atoms with E-state index in [0.29, 0.717) is 6.42 Å². The largest absolute Gasteiger partial charge is 2.00 e. The second-order valence-corrected chi connectivity index (χ2v) is 3.31.